The topological polar surface area (TPSA) is 38.7 Å². The summed E-state index contributed by atoms with van der Waals surface area (Å²) in [6.07, 6.45) is 15.2. The summed E-state index contributed by atoms with van der Waals surface area (Å²) in [5.74, 6) is 2.19. The van der Waals surface area contributed by atoms with E-state index in [2.05, 4.69) is 190 Å². The normalized spacial score (nSPS) is 20.8. The van der Waals surface area contributed by atoms with Crippen LogP contribution in [0.1, 0.15) is 60.3 Å². The largest absolute Gasteiger partial charge is 0.212 e. The summed E-state index contributed by atoms with van der Waals surface area (Å²) in [6.45, 7) is 4.70. The Hall–Kier alpha value is -6.49. The number of aromatic nitrogens is 3. The van der Waals surface area contributed by atoms with Crippen LogP contribution < -0.4 is 0 Å². The molecule has 0 aliphatic heterocycles. The molecule has 0 fully saturated rings. The van der Waals surface area contributed by atoms with Gasteiger partial charge in [-0.3, -0.25) is 0 Å². The van der Waals surface area contributed by atoms with Crippen molar-refractivity contribution in [1.82, 2.24) is 15.0 Å². The monoisotopic (exact) mass is 761 g/mol. The van der Waals surface area contributed by atoms with E-state index in [9.17, 15) is 0 Å². The van der Waals surface area contributed by atoms with Gasteiger partial charge in [-0.15, -0.1) is 11.3 Å². The Balaban J connectivity index is 0.999. The number of hydrogen-bond donors (Lipinski definition) is 0. The van der Waals surface area contributed by atoms with Gasteiger partial charge in [-0.05, 0) is 100 Å². The van der Waals surface area contributed by atoms with Crippen molar-refractivity contribution in [2.24, 2.45) is 0 Å². The van der Waals surface area contributed by atoms with Crippen LogP contribution in [0.25, 0.3) is 59.6 Å². The summed E-state index contributed by atoms with van der Waals surface area (Å²) in [4.78, 5) is 15.7. The quantitative estimate of drug-likeness (QED) is 0.179. The number of thiophene rings is 1. The molecule has 0 amide bonds. The second-order valence-electron chi connectivity index (χ2n) is 16.8. The standard InChI is InChI=1S/C54H39N3S/c1-52(29-12-3-13-30-52)51-56-49(55-50(57-51)36-25-27-47-41(32-36)40-19-6-11-24-46(40)58-47)35-16-14-15-34(31-35)37-26-28-48-53(2,33-37)44-22-9-10-23-45(44)54(48)42-20-7-4-17-38(42)39-18-5-8-21-43(39)54/h3-29,31-32H,30,33H2,1-2H3. The van der Waals surface area contributed by atoms with Crippen molar-refractivity contribution in [3.05, 3.63) is 215 Å². The van der Waals surface area contributed by atoms with Crippen molar-refractivity contribution < 1.29 is 0 Å². The van der Waals surface area contributed by atoms with Crippen molar-refractivity contribution in [2.45, 2.75) is 42.9 Å². The average molecular weight is 762 g/mol. The molecular weight excluding hydrogens is 723 g/mol. The molecule has 58 heavy (non-hydrogen) atoms. The maximum Gasteiger partial charge on any atom is 0.163 e. The van der Waals surface area contributed by atoms with Crippen molar-refractivity contribution in [3.8, 4) is 33.9 Å². The van der Waals surface area contributed by atoms with Crippen LogP contribution in [0.5, 0.6) is 0 Å². The fourth-order valence-electron chi connectivity index (χ4n) is 10.6. The predicted octanol–water partition coefficient (Wildman–Crippen LogP) is 13.3. The molecule has 4 aliphatic carbocycles. The van der Waals surface area contributed by atoms with E-state index in [1.165, 1.54) is 70.3 Å². The third-order valence-corrected chi connectivity index (χ3v) is 14.5. The van der Waals surface area contributed by atoms with Crippen LogP contribution in [-0.4, -0.2) is 15.0 Å². The van der Waals surface area contributed by atoms with Crippen LogP contribution in [0.4, 0.5) is 0 Å². The molecule has 0 saturated heterocycles. The second-order valence-corrected chi connectivity index (χ2v) is 17.9. The summed E-state index contributed by atoms with van der Waals surface area (Å²) in [6, 6.07) is 51.5. The Morgan fingerprint density at radius 2 is 1.19 bits per heavy atom. The molecule has 2 heterocycles. The third-order valence-electron chi connectivity index (χ3n) is 13.4. The number of benzene rings is 6. The van der Waals surface area contributed by atoms with E-state index in [1.807, 2.05) is 11.3 Å². The van der Waals surface area contributed by atoms with Gasteiger partial charge in [0.2, 0.25) is 0 Å². The number of allylic oxidation sites excluding steroid dienone is 8. The van der Waals surface area contributed by atoms with E-state index in [1.54, 1.807) is 0 Å². The molecule has 0 saturated carbocycles. The minimum atomic E-state index is -0.344. The van der Waals surface area contributed by atoms with Gasteiger partial charge >= 0.3 is 0 Å². The zero-order valence-electron chi connectivity index (χ0n) is 32.4. The molecule has 8 aromatic rings. The van der Waals surface area contributed by atoms with Gasteiger partial charge in [0.25, 0.3) is 0 Å². The highest BCUT2D eigenvalue weighted by molar-refractivity contribution is 7.25. The van der Waals surface area contributed by atoms with Crippen molar-refractivity contribution in [3.63, 3.8) is 0 Å². The summed E-state index contributed by atoms with van der Waals surface area (Å²) < 4.78 is 2.56. The van der Waals surface area contributed by atoms with Gasteiger partial charge in [-0.2, -0.15) is 0 Å². The van der Waals surface area contributed by atoms with Gasteiger partial charge in [-0.25, -0.2) is 15.0 Å². The first-order valence-electron chi connectivity index (χ1n) is 20.3. The van der Waals surface area contributed by atoms with Crippen LogP contribution in [0.3, 0.4) is 0 Å². The minimum Gasteiger partial charge on any atom is -0.212 e. The van der Waals surface area contributed by atoms with Crippen LogP contribution in [0, 0.1) is 0 Å². The summed E-state index contributed by atoms with van der Waals surface area (Å²) in [5.41, 5.74) is 13.4. The highest BCUT2D eigenvalue weighted by atomic mass is 32.1. The molecule has 12 rings (SSSR count). The Kier molecular flexibility index (Phi) is 7.11. The van der Waals surface area contributed by atoms with Gasteiger partial charge in [0.05, 0.1) is 5.41 Å². The van der Waals surface area contributed by atoms with Crippen molar-refractivity contribution in [1.29, 1.82) is 0 Å². The fraction of sp³-hybridized carbons (Fsp3) is 0.130. The lowest BCUT2D eigenvalue weighted by atomic mass is 9.63. The van der Waals surface area contributed by atoms with Gasteiger partial charge < -0.3 is 0 Å². The Bertz CT molecular complexity index is 3130. The first-order valence-corrected chi connectivity index (χ1v) is 21.1. The Labute approximate surface area is 342 Å². The highest BCUT2D eigenvalue weighted by Gasteiger charge is 2.59. The van der Waals surface area contributed by atoms with Crippen molar-refractivity contribution in [2.75, 3.05) is 0 Å². The summed E-state index contributed by atoms with van der Waals surface area (Å²) in [7, 11) is 0. The molecule has 1 spiro atoms. The molecular formula is C54H39N3S. The van der Waals surface area contributed by atoms with E-state index in [4.69, 9.17) is 15.0 Å². The maximum atomic E-state index is 5.26. The van der Waals surface area contributed by atoms with Crippen molar-refractivity contribution >= 4 is 37.1 Å². The molecule has 0 bridgehead atoms. The second kappa shape index (κ2) is 12.3. The lowest BCUT2D eigenvalue weighted by Gasteiger charge is -2.38. The molecule has 4 heteroatoms. The summed E-state index contributed by atoms with van der Waals surface area (Å²) >= 11 is 1.83. The number of rotatable bonds is 4. The third kappa shape index (κ3) is 4.64. The minimum absolute atomic E-state index is 0.200. The van der Waals surface area contributed by atoms with Crippen LogP contribution >= 0.6 is 11.3 Å². The lowest BCUT2D eigenvalue weighted by molar-refractivity contribution is 0.551. The van der Waals surface area contributed by atoms with Crippen LogP contribution in [-0.2, 0) is 16.2 Å². The SMILES string of the molecule is CC1(c2nc(-c3cccc(C4=CC=C5C(C)(C4)c4ccccc4C54c5ccccc5-c5ccccc54)c3)nc(-c3ccc4sc5ccccc5c4c3)n2)C=CC=CC1. The van der Waals surface area contributed by atoms with Gasteiger partial charge in [0, 0.05) is 42.1 Å². The lowest BCUT2D eigenvalue weighted by Crippen LogP contribution is -2.33. The van der Waals surface area contributed by atoms with E-state index >= 15 is 0 Å². The average Bonchev–Trinajstić information content (AvgIpc) is 3.88. The molecule has 0 radical (unpaired) electrons. The van der Waals surface area contributed by atoms with E-state index in [-0.39, 0.29) is 16.2 Å². The highest BCUT2D eigenvalue weighted by Crippen LogP contribution is 2.67. The number of hydrogen-bond acceptors (Lipinski definition) is 4. The molecule has 2 atom stereocenters. The first kappa shape index (κ1) is 33.6. The molecule has 6 aromatic carbocycles. The number of fused-ring (bicyclic) bond motifs is 13. The zero-order valence-corrected chi connectivity index (χ0v) is 33.2. The van der Waals surface area contributed by atoms with Gasteiger partial charge in [0.1, 0.15) is 5.82 Å². The smallest absolute Gasteiger partial charge is 0.163 e. The Morgan fingerprint density at radius 1 is 0.534 bits per heavy atom. The van der Waals surface area contributed by atoms with Gasteiger partial charge in [0.15, 0.2) is 11.6 Å². The first-order chi connectivity index (χ1) is 28.4. The van der Waals surface area contributed by atoms with E-state index in [0.717, 1.165) is 29.8 Å². The number of nitrogens with zero attached hydrogens (tertiary/aromatic N) is 3. The summed E-state index contributed by atoms with van der Waals surface area (Å²) in [5, 5.41) is 2.50. The van der Waals surface area contributed by atoms with Crippen LogP contribution in [0.15, 0.2) is 182 Å². The molecule has 4 aliphatic rings. The molecule has 276 valence electrons. The molecule has 3 nitrogen and oxygen atoms in total. The maximum absolute atomic E-state index is 5.26. The molecule has 2 aromatic heterocycles. The molecule has 2 unspecified atom stereocenters. The van der Waals surface area contributed by atoms with Crippen LogP contribution in [0.2, 0.25) is 0 Å². The Morgan fingerprint density at radius 3 is 1.95 bits per heavy atom. The van der Waals surface area contributed by atoms with Gasteiger partial charge in [-0.1, -0.05) is 153 Å². The zero-order chi connectivity index (χ0) is 38.6. The van der Waals surface area contributed by atoms with E-state index < -0.39 is 0 Å². The fourth-order valence-corrected chi connectivity index (χ4v) is 11.7. The predicted molar refractivity (Wildman–Crippen MR) is 240 cm³/mol. The van der Waals surface area contributed by atoms with E-state index in [0.29, 0.717) is 11.6 Å². The molecule has 0 N–H and O–H groups in total.